The molecule has 1 N–H and O–H groups in total. The Morgan fingerprint density at radius 1 is 0.875 bits per heavy atom. The van der Waals surface area contributed by atoms with Gasteiger partial charge in [-0.05, 0) is 38.1 Å². The van der Waals surface area contributed by atoms with Gasteiger partial charge in [0.2, 0.25) is 5.95 Å². The molecule has 1 saturated heterocycles. The van der Waals surface area contributed by atoms with Crippen molar-refractivity contribution in [3.05, 3.63) is 71.5 Å². The molecule has 8 nitrogen and oxygen atoms in total. The second kappa shape index (κ2) is 8.30. The van der Waals surface area contributed by atoms with Crippen LogP contribution in [0.25, 0.3) is 11.1 Å². The van der Waals surface area contributed by atoms with E-state index >= 15 is 0 Å². The average molecular weight is 428 g/mol. The molecule has 32 heavy (non-hydrogen) atoms. The second-order valence-corrected chi connectivity index (χ2v) is 7.82. The van der Waals surface area contributed by atoms with Gasteiger partial charge in [-0.3, -0.25) is 10.1 Å². The summed E-state index contributed by atoms with van der Waals surface area (Å²) in [4.78, 5) is 30.8. The summed E-state index contributed by atoms with van der Waals surface area (Å²) in [6, 6.07) is 18.1. The van der Waals surface area contributed by atoms with Gasteiger partial charge >= 0.3 is 6.01 Å². The van der Waals surface area contributed by atoms with E-state index in [1.807, 2.05) is 61.2 Å². The number of piperazine rings is 1. The number of oxazole rings is 1. The molecule has 8 heteroatoms. The second-order valence-electron chi connectivity index (χ2n) is 7.82. The first-order valence-corrected chi connectivity index (χ1v) is 10.7. The minimum absolute atomic E-state index is 0.0267. The van der Waals surface area contributed by atoms with Crippen LogP contribution in [0.5, 0.6) is 0 Å². The number of carbonyl (C=O) groups excluding carboxylic acids is 1. The molecule has 1 fully saturated rings. The van der Waals surface area contributed by atoms with Gasteiger partial charge in [0.15, 0.2) is 5.58 Å². The van der Waals surface area contributed by atoms with E-state index in [1.54, 1.807) is 0 Å². The molecule has 4 aromatic rings. The molecular formula is C24H24N6O2. The SMILES string of the molecule is Cc1nc(Nc2nc3ccccc3o2)nc(C)c1C(=O)N1CCN(c2ccccc2)CC1. The van der Waals surface area contributed by atoms with Crippen molar-refractivity contribution in [3.63, 3.8) is 0 Å². The zero-order valence-electron chi connectivity index (χ0n) is 18.1. The van der Waals surface area contributed by atoms with E-state index in [1.165, 1.54) is 5.69 Å². The number of hydrogen-bond acceptors (Lipinski definition) is 7. The van der Waals surface area contributed by atoms with Crippen molar-refractivity contribution < 1.29 is 9.21 Å². The Bertz CT molecular complexity index is 1210. The summed E-state index contributed by atoms with van der Waals surface area (Å²) >= 11 is 0. The van der Waals surface area contributed by atoms with Gasteiger partial charge in [0.25, 0.3) is 5.91 Å². The van der Waals surface area contributed by atoms with Crippen LogP contribution in [0.4, 0.5) is 17.7 Å². The van der Waals surface area contributed by atoms with E-state index < -0.39 is 0 Å². The summed E-state index contributed by atoms with van der Waals surface area (Å²) in [7, 11) is 0. The Kier molecular flexibility index (Phi) is 5.18. The normalized spacial score (nSPS) is 14.1. The number of para-hydroxylation sites is 3. The first kappa shape index (κ1) is 20.0. The highest BCUT2D eigenvalue weighted by molar-refractivity contribution is 5.96. The molecule has 0 bridgehead atoms. The van der Waals surface area contributed by atoms with Crippen molar-refractivity contribution in [1.29, 1.82) is 0 Å². The van der Waals surface area contributed by atoms with E-state index in [2.05, 4.69) is 37.3 Å². The Morgan fingerprint density at radius 2 is 1.53 bits per heavy atom. The van der Waals surface area contributed by atoms with Crippen LogP contribution in [0.2, 0.25) is 0 Å². The average Bonchev–Trinajstić information content (AvgIpc) is 3.21. The standard InChI is InChI=1S/C24H24N6O2/c1-16-21(22(31)30-14-12-29(13-15-30)18-8-4-3-5-9-18)17(2)26-23(25-16)28-24-27-19-10-6-7-11-20(19)32-24/h3-11H,12-15H2,1-2H3,(H,25,26,27,28). The Hall–Kier alpha value is -3.94. The summed E-state index contributed by atoms with van der Waals surface area (Å²) in [5, 5.41) is 3.01. The van der Waals surface area contributed by atoms with Crippen LogP contribution in [0.3, 0.4) is 0 Å². The number of benzene rings is 2. The number of anilines is 3. The maximum absolute atomic E-state index is 13.2. The van der Waals surface area contributed by atoms with Crippen molar-refractivity contribution in [3.8, 4) is 0 Å². The van der Waals surface area contributed by atoms with Crippen LogP contribution in [-0.4, -0.2) is 51.9 Å². The fourth-order valence-electron chi connectivity index (χ4n) is 4.07. The molecule has 0 unspecified atom stereocenters. The minimum Gasteiger partial charge on any atom is -0.423 e. The number of amides is 1. The lowest BCUT2D eigenvalue weighted by atomic mass is 10.1. The van der Waals surface area contributed by atoms with Crippen LogP contribution in [-0.2, 0) is 0 Å². The van der Waals surface area contributed by atoms with Crippen molar-refractivity contribution in [2.75, 3.05) is 36.4 Å². The third-order valence-corrected chi connectivity index (χ3v) is 5.69. The zero-order chi connectivity index (χ0) is 22.1. The molecule has 0 spiro atoms. The number of nitrogens with zero attached hydrogens (tertiary/aromatic N) is 5. The molecule has 1 amide bonds. The molecule has 1 aliphatic rings. The van der Waals surface area contributed by atoms with Gasteiger partial charge in [-0.1, -0.05) is 30.3 Å². The van der Waals surface area contributed by atoms with Crippen LogP contribution < -0.4 is 10.2 Å². The van der Waals surface area contributed by atoms with Gasteiger partial charge in [-0.15, -0.1) is 0 Å². The van der Waals surface area contributed by atoms with Crippen LogP contribution in [0, 0.1) is 13.8 Å². The van der Waals surface area contributed by atoms with E-state index in [0.29, 0.717) is 47.6 Å². The number of fused-ring (bicyclic) bond motifs is 1. The Morgan fingerprint density at radius 3 is 2.22 bits per heavy atom. The summed E-state index contributed by atoms with van der Waals surface area (Å²) in [6.07, 6.45) is 0. The highest BCUT2D eigenvalue weighted by Crippen LogP contribution is 2.23. The topological polar surface area (TPSA) is 87.4 Å². The number of hydrogen-bond donors (Lipinski definition) is 1. The minimum atomic E-state index is -0.0267. The lowest BCUT2D eigenvalue weighted by molar-refractivity contribution is 0.0744. The third kappa shape index (κ3) is 3.87. The Balaban J connectivity index is 1.30. The molecule has 1 aliphatic heterocycles. The highest BCUT2D eigenvalue weighted by atomic mass is 16.4. The summed E-state index contributed by atoms with van der Waals surface area (Å²) in [5.74, 6) is 0.332. The summed E-state index contributed by atoms with van der Waals surface area (Å²) in [6.45, 7) is 6.59. The van der Waals surface area contributed by atoms with E-state index in [9.17, 15) is 4.79 Å². The maximum Gasteiger partial charge on any atom is 0.302 e. The predicted molar refractivity (Wildman–Crippen MR) is 123 cm³/mol. The first-order valence-electron chi connectivity index (χ1n) is 10.7. The third-order valence-electron chi connectivity index (χ3n) is 5.69. The van der Waals surface area contributed by atoms with Crippen molar-refractivity contribution in [2.45, 2.75) is 13.8 Å². The summed E-state index contributed by atoms with van der Waals surface area (Å²) < 4.78 is 5.69. The molecule has 0 radical (unpaired) electrons. The van der Waals surface area contributed by atoms with E-state index in [0.717, 1.165) is 18.6 Å². The molecule has 162 valence electrons. The van der Waals surface area contributed by atoms with Gasteiger partial charge < -0.3 is 14.2 Å². The highest BCUT2D eigenvalue weighted by Gasteiger charge is 2.26. The molecule has 0 atom stereocenters. The van der Waals surface area contributed by atoms with Gasteiger partial charge in [0, 0.05) is 31.9 Å². The van der Waals surface area contributed by atoms with Crippen LogP contribution >= 0.6 is 0 Å². The van der Waals surface area contributed by atoms with Gasteiger partial charge in [-0.2, -0.15) is 4.98 Å². The van der Waals surface area contributed by atoms with Crippen molar-refractivity contribution >= 4 is 34.7 Å². The van der Waals surface area contributed by atoms with Gasteiger partial charge in [0.05, 0.1) is 17.0 Å². The fraction of sp³-hybridized carbons (Fsp3) is 0.250. The molecule has 5 rings (SSSR count). The fourth-order valence-corrected chi connectivity index (χ4v) is 4.07. The number of aromatic nitrogens is 3. The summed E-state index contributed by atoms with van der Waals surface area (Å²) in [5.41, 5.74) is 4.44. The quantitative estimate of drug-likeness (QED) is 0.527. The Labute approximate surface area is 185 Å². The molecule has 2 aromatic carbocycles. The number of carbonyl (C=O) groups is 1. The number of nitrogens with one attached hydrogen (secondary N) is 1. The number of aryl methyl sites for hydroxylation is 2. The van der Waals surface area contributed by atoms with Gasteiger partial charge in [-0.25, -0.2) is 9.97 Å². The predicted octanol–water partition coefficient (Wildman–Crippen LogP) is 3.94. The van der Waals surface area contributed by atoms with E-state index in [-0.39, 0.29) is 5.91 Å². The molecule has 0 saturated carbocycles. The molecular weight excluding hydrogens is 404 g/mol. The molecule has 0 aliphatic carbocycles. The first-order chi connectivity index (χ1) is 15.6. The van der Waals surface area contributed by atoms with Crippen molar-refractivity contribution in [1.82, 2.24) is 19.9 Å². The van der Waals surface area contributed by atoms with E-state index in [4.69, 9.17) is 4.42 Å². The lowest BCUT2D eigenvalue weighted by Gasteiger charge is -2.36. The smallest absolute Gasteiger partial charge is 0.302 e. The largest absolute Gasteiger partial charge is 0.423 e. The van der Waals surface area contributed by atoms with Gasteiger partial charge in [0.1, 0.15) is 5.52 Å². The molecule has 3 heterocycles. The van der Waals surface area contributed by atoms with Crippen molar-refractivity contribution in [2.24, 2.45) is 0 Å². The number of rotatable bonds is 4. The maximum atomic E-state index is 13.2. The zero-order valence-corrected chi connectivity index (χ0v) is 18.1. The lowest BCUT2D eigenvalue weighted by Crippen LogP contribution is -2.49. The van der Waals surface area contributed by atoms with Crippen LogP contribution in [0.1, 0.15) is 21.7 Å². The monoisotopic (exact) mass is 428 g/mol. The van der Waals surface area contributed by atoms with Crippen LogP contribution in [0.15, 0.2) is 59.0 Å². The molecule has 2 aromatic heterocycles.